The zero-order valence-electron chi connectivity index (χ0n) is 6.28. The summed E-state index contributed by atoms with van der Waals surface area (Å²) in [5.41, 5.74) is 0. The molecule has 0 amide bonds. The summed E-state index contributed by atoms with van der Waals surface area (Å²) in [6.07, 6.45) is 2.64. The van der Waals surface area contributed by atoms with Crippen LogP contribution in [0.3, 0.4) is 0 Å². The van der Waals surface area contributed by atoms with Gasteiger partial charge >= 0.3 is 0 Å². The summed E-state index contributed by atoms with van der Waals surface area (Å²) < 4.78 is 0. The van der Waals surface area contributed by atoms with Crippen molar-refractivity contribution in [2.24, 2.45) is 0 Å². The third-order valence-electron chi connectivity index (χ3n) is 2.07. The van der Waals surface area contributed by atoms with E-state index in [1.807, 2.05) is 7.05 Å². The Morgan fingerprint density at radius 1 is 1.44 bits per heavy atom. The summed E-state index contributed by atoms with van der Waals surface area (Å²) in [7, 11) is 2.03. The molecule has 0 aliphatic carbocycles. The molecule has 0 saturated carbocycles. The summed E-state index contributed by atoms with van der Waals surface area (Å²) in [5, 5.41) is 6.68. The van der Waals surface area contributed by atoms with Gasteiger partial charge in [-0.2, -0.15) is 0 Å². The second-order valence-electron chi connectivity index (χ2n) is 2.87. The summed E-state index contributed by atoms with van der Waals surface area (Å²) >= 11 is 0. The SMILES string of the molecule is CNC1CCC(C)NC1. The zero-order valence-corrected chi connectivity index (χ0v) is 6.28. The lowest BCUT2D eigenvalue weighted by Gasteiger charge is -2.26. The predicted octanol–water partition coefficient (Wildman–Crippen LogP) is 0.346. The highest BCUT2D eigenvalue weighted by Crippen LogP contribution is 2.05. The van der Waals surface area contributed by atoms with Crippen molar-refractivity contribution in [3.05, 3.63) is 0 Å². The fourth-order valence-corrected chi connectivity index (χ4v) is 1.25. The maximum absolute atomic E-state index is 3.42. The molecule has 2 atom stereocenters. The molecule has 1 aliphatic heterocycles. The first-order chi connectivity index (χ1) is 4.33. The van der Waals surface area contributed by atoms with Gasteiger partial charge < -0.3 is 10.6 Å². The predicted molar refractivity (Wildman–Crippen MR) is 39.5 cm³/mol. The summed E-state index contributed by atoms with van der Waals surface area (Å²) in [5.74, 6) is 0. The van der Waals surface area contributed by atoms with Crippen molar-refractivity contribution in [1.29, 1.82) is 0 Å². The number of hydrogen-bond acceptors (Lipinski definition) is 2. The van der Waals surface area contributed by atoms with Gasteiger partial charge in [-0.05, 0) is 26.8 Å². The lowest BCUT2D eigenvalue weighted by Crippen LogP contribution is -2.45. The molecule has 0 spiro atoms. The number of nitrogens with one attached hydrogen (secondary N) is 2. The molecule has 9 heavy (non-hydrogen) atoms. The molecular weight excluding hydrogens is 112 g/mol. The maximum atomic E-state index is 3.42. The van der Waals surface area contributed by atoms with E-state index in [1.54, 1.807) is 0 Å². The van der Waals surface area contributed by atoms with Crippen LogP contribution in [-0.4, -0.2) is 25.7 Å². The molecule has 2 nitrogen and oxygen atoms in total. The van der Waals surface area contributed by atoms with E-state index in [0.29, 0.717) is 6.04 Å². The second-order valence-corrected chi connectivity index (χ2v) is 2.87. The molecular formula is C7H16N2. The van der Waals surface area contributed by atoms with Gasteiger partial charge in [-0.3, -0.25) is 0 Å². The van der Waals surface area contributed by atoms with E-state index in [1.165, 1.54) is 12.8 Å². The van der Waals surface area contributed by atoms with Crippen LogP contribution in [0.2, 0.25) is 0 Å². The molecule has 1 saturated heterocycles. The monoisotopic (exact) mass is 128 g/mol. The van der Waals surface area contributed by atoms with Crippen LogP contribution in [-0.2, 0) is 0 Å². The second kappa shape index (κ2) is 3.18. The first-order valence-corrected chi connectivity index (χ1v) is 3.73. The van der Waals surface area contributed by atoms with Crippen molar-refractivity contribution < 1.29 is 0 Å². The van der Waals surface area contributed by atoms with E-state index >= 15 is 0 Å². The van der Waals surface area contributed by atoms with Gasteiger partial charge in [0.2, 0.25) is 0 Å². The van der Waals surface area contributed by atoms with E-state index in [2.05, 4.69) is 17.6 Å². The number of piperidine rings is 1. The van der Waals surface area contributed by atoms with Gasteiger partial charge in [0.25, 0.3) is 0 Å². The third-order valence-corrected chi connectivity index (χ3v) is 2.07. The van der Waals surface area contributed by atoms with Gasteiger partial charge in [0.05, 0.1) is 0 Å². The zero-order chi connectivity index (χ0) is 6.69. The highest BCUT2D eigenvalue weighted by Gasteiger charge is 2.14. The molecule has 0 radical (unpaired) electrons. The Labute approximate surface area is 57.0 Å². The van der Waals surface area contributed by atoms with Crippen molar-refractivity contribution in [2.75, 3.05) is 13.6 Å². The lowest BCUT2D eigenvalue weighted by atomic mass is 10.0. The largest absolute Gasteiger partial charge is 0.316 e. The maximum Gasteiger partial charge on any atom is 0.0190 e. The van der Waals surface area contributed by atoms with Crippen LogP contribution < -0.4 is 10.6 Å². The van der Waals surface area contributed by atoms with Gasteiger partial charge in [0.1, 0.15) is 0 Å². The van der Waals surface area contributed by atoms with Crippen LogP contribution in [0.4, 0.5) is 0 Å². The standard InChI is InChI=1S/C7H16N2/c1-6-3-4-7(8-2)5-9-6/h6-9H,3-5H2,1-2H3. The van der Waals surface area contributed by atoms with E-state index in [9.17, 15) is 0 Å². The highest BCUT2D eigenvalue weighted by molar-refractivity contribution is 4.77. The van der Waals surface area contributed by atoms with E-state index < -0.39 is 0 Å². The molecule has 1 aliphatic rings. The van der Waals surface area contributed by atoms with Crippen molar-refractivity contribution in [3.63, 3.8) is 0 Å². The van der Waals surface area contributed by atoms with E-state index in [0.717, 1.165) is 12.6 Å². The number of rotatable bonds is 1. The third kappa shape index (κ3) is 1.95. The molecule has 0 bridgehead atoms. The smallest absolute Gasteiger partial charge is 0.0190 e. The van der Waals surface area contributed by atoms with E-state index in [-0.39, 0.29) is 0 Å². The fourth-order valence-electron chi connectivity index (χ4n) is 1.25. The summed E-state index contributed by atoms with van der Waals surface area (Å²) in [4.78, 5) is 0. The average molecular weight is 128 g/mol. The van der Waals surface area contributed by atoms with Crippen molar-refractivity contribution >= 4 is 0 Å². The minimum absolute atomic E-state index is 0.709. The van der Waals surface area contributed by atoms with Crippen molar-refractivity contribution in [2.45, 2.75) is 31.8 Å². The van der Waals surface area contributed by atoms with Crippen molar-refractivity contribution in [1.82, 2.24) is 10.6 Å². The quantitative estimate of drug-likeness (QED) is 0.532. The van der Waals surface area contributed by atoms with E-state index in [4.69, 9.17) is 0 Å². The van der Waals surface area contributed by atoms with Crippen LogP contribution in [0.5, 0.6) is 0 Å². The average Bonchev–Trinajstić information content (AvgIpc) is 1.90. The van der Waals surface area contributed by atoms with Crippen LogP contribution in [0.25, 0.3) is 0 Å². The Morgan fingerprint density at radius 3 is 2.67 bits per heavy atom. The Bertz CT molecular complexity index is 75.0. The molecule has 1 heterocycles. The van der Waals surface area contributed by atoms with Crippen LogP contribution in [0.1, 0.15) is 19.8 Å². The molecule has 1 fully saturated rings. The number of likely N-dealkylation sites (N-methyl/N-ethyl adjacent to an activating group) is 1. The van der Waals surface area contributed by atoms with Gasteiger partial charge in [0, 0.05) is 18.6 Å². The van der Waals surface area contributed by atoms with Crippen LogP contribution in [0.15, 0.2) is 0 Å². The molecule has 2 unspecified atom stereocenters. The lowest BCUT2D eigenvalue weighted by molar-refractivity contribution is 0.353. The number of hydrogen-bond donors (Lipinski definition) is 2. The fraction of sp³-hybridized carbons (Fsp3) is 1.00. The summed E-state index contributed by atoms with van der Waals surface area (Å²) in [6.45, 7) is 3.38. The van der Waals surface area contributed by atoms with Gasteiger partial charge in [-0.25, -0.2) is 0 Å². The van der Waals surface area contributed by atoms with Crippen LogP contribution >= 0.6 is 0 Å². The normalized spacial score (nSPS) is 36.7. The highest BCUT2D eigenvalue weighted by atomic mass is 15.0. The van der Waals surface area contributed by atoms with Crippen LogP contribution in [0, 0.1) is 0 Å². The summed E-state index contributed by atoms with van der Waals surface area (Å²) in [6, 6.07) is 1.44. The first kappa shape index (κ1) is 7.03. The van der Waals surface area contributed by atoms with Gasteiger partial charge in [-0.1, -0.05) is 0 Å². The minimum atomic E-state index is 0.709. The Morgan fingerprint density at radius 2 is 2.22 bits per heavy atom. The Balaban J connectivity index is 2.18. The van der Waals surface area contributed by atoms with Gasteiger partial charge in [-0.15, -0.1) is 0 Å². The van der Waals surface area contributed by atoms with Gasteiger partial charge in [0.15, 0.2) is 0 Å². The molecule has 2 heteroatoms. The molecule has 0 aromatic rings. The molecule has 2 N–H and O–H groups in total. The molecule has 1 rings (SSSR count). The Hall–Kier alpha value is -0.0800. The molecule has 0 aromatic carbocycles. The molecule has 0 aromatic heterocycles. The Kier molecular flexibility index (Phi) is 2.49. The molecule has 54 valence electrons. The van der Waals surface area contributed by atoms with Crippen molar-refractivity contribution in [3.8, 4) is 0 Å². The topological polar surface area (TPSA) is 24.1 Å². The first-order valence-electron chi connectivity index (χ1n) is 3.73. The minimum Gasteiger partial charge on any atom is -0.316 e.